The maximum Gasteiger partial charge on any atom is 0.416 e. The van der Waals surface area contributed by atoms with E-state index >= 15 is 0 Å². The Bertz CT molecular complexity index is 3670. The maximum atomic E-state index is 13.2. The Hall–Kier alpha value is -6.73. The highest BCUT2D eigenvalue weighted by Crippen LogP contribution is 2.37. The van der Waals surface area contributed by atoms with Crippen molar-refractivity contribution in [2.75, 3.05) is 0 Å². The number of rotatable bonds is 8. The van der Waals surface area contributed by atoms with Crippen molar-refractivity contribution in [3.63, 3.8) is 0 Å². The van der Waals surface area contributed by atoms with E-state index in [0.717, 1.165) is 22.3 Å². The van der Waals surface area contributed by atoms with Gasteiger partial charge in [-0.15, -0.1) is 0 Å². The van der Waals surface area contributed by atoms with Gasteiger partial charge in [0.2, 0.25) is 0 Å². The van der Waals surface area contributed by atoms with Crippen molar-refractivity contribution in [3.05, 3.63) is 275 Å². The van der Waals surface area contributed by atoms with Crippen LogP contribution in [0.5, 0.6) is 0 Å². The molecule has 0 heterocycles. The number of alkyl halides is 6. The van der Waals surface area contributed by atoms with Crippen LogP contribution in [0.3, 0.4) is 0 Å². The summed E-state index contributed by atoms with van der Waals surface area (Å²) in [7, 11) is 0. The van der Waals surface area contributed by atoms with E-state index in [2.05, 4.69) is 261 Å². The summed E-state index contributed by atoms with van der Waals surface area (Å²) in [6.45, 7) is 77.5. The normalized spacial score (nSPS) is 11.3. The summed E-state index contributed by atoms with van der Waals surface area (Å²) in [4.78, 5) is 0. The molecule has 0 aliphatic carbocycles. The zero-order chi connectivity index (χ0) is 79.4. The van der Waals surface area contributed by atoms with Gasteiger partial charge in [0.25, 0.3) is 0 Å². The highest BCUT2D eigenvalue weighted by atomic mass is 19.4. The molecule has 0 fully saturated rings. The van der Waals surface area contributed by atoms with Crippen LogP contribution < -0.4 is 0 Å². The molecule has 0 amide bonds. The quantitative estimate of drug-likeness (QED) is 0.133. The number of benzene rings is 8. The van der Waals surface area contributed by atoms with Gasteiger partial charge in [-0.25, -0.2) is 4.39 Å². The van der Waals surface area contributed by atoms with Crippen molar-refractivity contribution >= 4 is 0 Å². The van der Waals surface area contributed by atoms with E-state index in [1.165, 1.54) is 137 Å². The molecule has 7 heteroatoms. The molecular formula is C95H135F7. The summed E-state index contributed by atoms with van der Waals surface area (Å²) < 4.78 is 88.4. The highest BCUT2D eigenvalue weighted by Gasteiger charge is 2.34. The Morgan fingerprint density at radius 3 is 0.647 bits per heavy atom. The average molecular weight is 1410 g/mol. The third-order valence-electron chi connectivity index (χ3n) is 20.1. The summed E-state index contributed by atoms with van der Waals surface area (Å²) in [6.07, 6.45) is -8.49. The molecule has 0 radical (unpaired) electrons. The fraction of sp³-hybridized carbons (Fsp3) is 0.495. The minimum Gasteiger partial charge on any atom is -0.207 e. The van der Waals surface area contributed by atoms with Crippen LogP contribution in [0.15, 0.2) is 97.1 Å². The average Bonchev–Trinajstić information content (AvgIpc) is 0.810. The molecule has 8 aromatic rings. The lowest BCUT2D eigenvalue weighted by Crippen LogP contribution is -2.10. The molecule has 0 saturated heterocycles. The van der Waals surface area contributed by atoms with E-state index in [4.69, 9.17) is 0 Å². The molecule has 0 bridgehead atoms. The second kappa shape index (κ2) is 41.1. The van der Waals surface area contributed by atoms with E-state index in [0.29, 0.717) is 69.2 Å². The molecule has 0 spiro atoms. The van der Waals surface area contributed by atoms with Crippen LogP contribution in [-0.4, -0.2) is 0 Å². The lowest BCUT2D eigenvalue weighted by molar-refractivity contribution is -0.139. The van der Waals surface area contributed by atoms with Crippen molar-refractivity contribution in [2.45, 2.75) is 316 Å². The van der Waals surface area contributed by atoms with E-state index in [9.17, 15) is 30.7 Å². The lowest BCUT2D eigenvalue weighted by Gasteiger charge is -2.17. The predicted octanol–water partition coefficient (Wildman–Crippen LogP) is 31.1. The largest absolute Gasteiger partial charge is 0.416 e. The summed E-state index contributed by atoms with van der Waals surface area (Å²) in [6, 6.07) is 32.7. The fourth-order valence-electron chi connectivity index (χ4n) is 12.3. The number of hydrogen-bond acceptors (Lipinski definition) is 0. The number of halogens is 7. The van der Waals surface area contributed by atoms with Crippen LogP contribution in [0.4, 0.5) is 30.7 Å². The molecule has 564 valence electrons. The van der Waals surface area contributed by atoms with Gasteiger partial charge in [0.05, 0.1) is 11.1 Å². The van der Waals surface area contributed by atoms with Crippen LogP contribution in [-0.2, 0) is 12.4 Å². The van der Waals surface area contributed by atoms with Crippen LogP contribution >= 0.6 is 0 Å². The lowest BCUT2D eigenvalue weighted by atomic mass is 9.88. The summed E-state index contributed by atoms with van der Waals surface area (Å²) in [5.41, 5.74) is 34.1. The van der Waals surface area contributed by atoms with Crippen LogP contribution in [0.2, 0.25) is 0 Å². The number of aryl methyl sites for hydroxylation is 13. The Labute approximate surface area is 618 Å². The number of hydrogen-bond donors (Lipinski definition) is 0. The van der Waals surface area contributed by atoms with Crippen LogP contribution in [0, 0.1) is 151 Å². The van der Waals surface area contributed by atoms with Gasteiger partial charge in [-0.2, -0.15) is 26.3 Å². The SMILES string of the molecule is Cc1cc(C(C)C)c(C)c(C(C)C)c1.Cc1cc(C(C)C)cc(C(F)(F)F)c1C.Cc1cc(C(C)C)cc(C)c1C.Cc1cc(C(C)C)cc(C)c1C.Cc1cc(C(C)C)cc(F)c1C.Cc1cc(C)c(C)c(C(C)C)c1.Cc1cc(C)c(C)c(C(C)C)c1.Cc1cc(C)c(C)c(C(F)(F)F)c1. The minimum absolute atomic E-state index is 0.0845. The van der Waals surface area contributed by atoms with E-state index < -0.39 is 23.5 Å². The van der Waals surface area contributed by atoms with Gasteiger partial charge in [0, 0.05) is 0 Å². The summed E-state index contributed by atoms with van der Waals surface area (Å²) >= 11 is 0. The highest BCUT2D eigenvalue weighted by molar-refractivity contribution is 5.45. The van der Waals surface area contributed by atoms with Crippen LogP contribution in [0.25, 0.3) is 0 Å². The minimum atomic E-state index is -4.25. The van der Waals surface area contributed by atoms with Gasteiger partial charge < -0.3 is 0 Å². The molecule has 8 aromatic carbocycles. The van der Waals surface area contributed by atoms with Crippen molar-refractivity contribution in [2.24, 2.45) is 0 Å². The molecule has 0 aliphatic rings. The molecule has 0 N–H and O–H groups in total. The van der Waals surface area contributed by atoms with Crippen molar-refractivity contribution < 1.29 is 30.7 Å². The smallest absolute Gasteiger partial charge is 0.207 e. The molecule has 0 aromatic heterocycles. The van der Waals surface area contributed by atoms with Gasteiger partial charge in [0.1, 0.15) is 5.82 Å². The molecule has 8 rings (SSSR count). The first-order valence-corrected chi connectivity index (χ1v) is 37.1. The summed E-state index contributed by atoms with van der Waals surface area (Å²) in [5, 5.41) is 0. The first kappa shape index (κ1) is 93.3. The Morgan fingerprint density at radius 1 is 0.196 bits per heavy atom. The van der Waals surface area contributed by atoms with E-state index in [1.807, 2.05) is 33.8 Å². The molecule has 0 nitrogen and oxygen atoms in total. The zero-order valence-electron chi connectivity index (χ0n) is 70.5. The van der Waals surface area contributed by atoms with E-state index in [-0.39, 0.29) is 11.7 Å². The zero-order valence-corrected chi connectivity index (χ0v) is 70.5. The van der Waals surface area contributed by atoms with Gasteiger partial charge in [0.15, 0.2) is 0 Å². The Balaban J connectivity index is 0.000000584. The standard InChI is InChI=1S/C14H22.C12H15F3.4C12H18.C11H15F.C10H11F3/c1-9(2)13-7-11(5)8-14(10(3)4)12(13)6;1-7(2)10-5-8(3)9(4)11(6-10)12(13,14)15;2*1-8(2)12-6-9(3)11(5)10(4)7-12;2*1-8(2)12-7-9(3)6-10(4)11(12)5;1-7(2)10-5-8(3)9(4)11(12)6-10;1-6-4-7(2)8(3)9(5-6)10(11,12)13/h7-10H,1-6H3;5-7H,1-4H3;4*6-8H,1-5H3;5-7H,1-4H3;4-5H,1-3H3. The first-order valence-electron chi connectivity index (χ1n) is 37.1. The van der Waals surface area contributed by atoms with Crippen molar-refractivity contribution in [1.82, 2.24) is 0 Å². The second-order valence-corrected chi connectivity index (χ2v) is 31.7. The fourth-order valence-corrected chi connectivity index (χ4v) is 12.3. The molecule has 0 unspecified atom stereocenters. The Kier molecular flexibility index (Phi) is 37.6. The van der Waals surface area contributed by atoms with Crippen molar-refractivity contribution in [3.8, 4) is 0 Å². The van der Waals surface area contributed by atoms with Gasteiger partial charge in [-0.05, 0) is 350 Å². The Morgan fingerprint density at radius 2 is 0.392 bits per heavy atom. The van der Waals surface area contributed by atoms with Crippen molar-refractivity contribution in [1.29, 1.82) is 0 Å². The molecule has 102 heavy (non-hydrogen) atoms. The van der Waals surface area contributed by atoms with Crippen LogP contribution in [0.1, 0.15) is 331 Å². The molecule has 0 saturated carbocycles. The first-order chi connectivity index (χ1) is 46.6. The second-order valence-electron chi connectivity index (χ2n) is 31.7. The topological polar surface area (TPSA) is 0 Å². The molecular weight excluding hydrogens is 1270 g/mol. The third-order valence-corrected chi connectivity index (χ3v) is 20.1. The van der Waals surface area contributed by atoms with E-state index in [1.54, 1.807) is 32.9 Å². The van der Waals surface area contributed by atoms with Gasteiger partial charge in [-0.1, -0.05) is 212 Å². The predicted molar refractivity (Wildman–Crippen MR) is 434 cm³/mol. The maximum absolute atomic E-state index is 13.2. The van der Waals surface area contributed by atoms with Gasteiger partial charge in [-0.3, -0.25) is 0 Å². The molecule has 0 aliphatic heterocycles. The monoisotopic (exact) mass is 1410 g/mol. The summed E-state index contributed by atoms with van der Waals surface area (Å²) in [5.74, 6) is 4.26. The van der Waals surface area contributed by atoms with Gasteiger partial charge >= 0.3 is 12.4 Å². The molecule has 0 atom stereocenters. The third kappa shape index (κ3) is 29.1.